The molecule has 4 N–H and O–H groups in total. The Kier molecular flexibility index (Phi) is 12.7. The highest BCUT2D eigenvalue weighted by molar-refractivity contribution is 14.0. The highest BCUT2D eigenvalue weighted by atomic mass is 127. The number of primary sulfonamides is 1. The maximum atomic E-state index is 11.0. The fourth-order valence-electron chi connectivity index (χ4n) is 2.21. The molecule has 1 aromatic rings. The molecule has 0 spiro atoms. The van der Waals surface area contributed by atoms with Crippen LogP contribution in [0.5, 0.6) is 0 Å². The topological polar surface area (TPSA) is 96.6 Å². The first-order valence-electron chi connectivity index (χ1n) is 8.11. The van der Waals surface area contributed by atoms with Crippen molar-refractivity contribution < 1.29 is 8.42 Å². The summed E-state index contributed by atoms with van der Waals surface area (Å²) in [4.78, 5) is 4.57. The van der Waals surface area contributed by atoms with Crippen molar-refractivity contribution in [2.75, 3.05) is 25.4 Å². The molecule has 1 atom stereocenters. The summed E-state index contributed by atoms with van der Waals surface area (Å²) in [5, 5.41) is 11.1. The predicted molar refractivity (Wildman–Crippen MR) is 119 cm³/mol. The van der Waals surface area contributed by atoms with Gasteiger partial charge in [0.1, 0.15) is 0 Å². The van der Waals surface area contributed by atoms with E-state index < -0.39 is 10.0 Å². The molecule has 0 radical (unpaired) electrons. The van der Waals surface area contributed by atoms with Crippen LogP contribution < -0.4 is 15.8 Å². The summed E-state index contributed by atoms with van der Waals surface area (Å²) in [6.07, 6.45) is 1.97. The van der Waals surface area contributed by atoms with Gasteiger partial charge < -0.3 is 10.6 Å². The average molecular weight is 547 g/mol. The molecule has 0 aliphatic heterocycles. The zero-order valence-corrected chi connectivity index (χ0v) is 19.4. The molecule has 0 fully saturated rings. The molecule has 0 heterocycles. The number of nitrogens with zero attached hydrogens (tertiary/aromatic N) is 1. The Balaban J connectivity index is 0.00000576. The summed E-state index contributed by atoms with van der Waals surface area (Å²) in [7, 11) is -3.47. The van der Waals surface area contributed by atoms with Gasteiger partial charge in [0.05, 0.1) is 5.75 Å². The maximum Gasteiger partial charge on any atom is 0.210 e. The zero-order valence-electron chi connectivity index (χ0n) is 14.7. The lowest BCUT2D eigenvalue weighted by Gasteiger charge is -2.15. The van der Waals surface area contributed by atoms with Gasteiger partial charge in [0.25, 0.3) is 0 Å². The highest BCUT2D eigenvalue weighted by Gasteiger charge is 2.09. The van der Waals surface area contributed by atoms with Crippen LogP contribution in [-0.2, 0) is 16.4 Å². The van der Waals surface area contributed by atoms with Crippen LogP contribution in [-0.4, -0.2) is 39.8 Å². The van der Waals surface area contributed by atoms with Crippen molar-refractivity contribution in [1.29, 1.82) is 0 Å². The number of guanidine groups is 1. The number of benzene rings is 1. The molecule has 6 nitrogen and oxygen atoms in total. The van der Waals surface area contributed by atoms with Crippen LogP contribution in [0.3, 0.4) is 0 Å². The molecule has 0 aromatic heterocycles. The smallest absolute Gasteiger partial charge is 0.210 e. The molecule has 25 heavy (non-hydrogen) atoms. The standard InChI is InChI=1S/C16H27BrN4O2S.HI/c1-3-13(10-14-6-5-7-15(17)11-14)12-21-16(19-4-2)20-8-9-24(18,22)23;/h5-7,11,13H,3-4,8-10,12H2,1-2H3,(H2,18,22,23)(H2,19,20,21);1H. The Morgan fingerprint density at radius 3 is 2.60 bits per heavy atom. The SMILES string of the molecule is CCNC(=NCC(CC)Cc1cccc(Br)c1)NCCS(N)(=O)=O.I. The van der Waals surface area contributed by atoms with E-state index in [4.69, 9.17) is 5.14 Å². The fraction of sp³-hybridized carbons (Fsp3) is 0.562. The third-order valence-corrected chi connectivity index (χ3v) is 4.79. The summed E-state index contributed by atoms with van der Waals surface area (Å²) in [5.41, 5.74) is 1.28. The van der Waals surface area contributed by atoms with Crippen molar-refractivity contribution in [2.45, 2.75) is 26.7 Å². The quantitative estimate of drug-likeness (QED) is 0.252. The van der Waals surface area contributed by atoms with E-state index in [1.54, 1.807) is 0 Å². The largest absolute Gasteiger partial charge is 0.357 e. The number of hydrogen-bond acceptors (Lipinski definition) is 3. The second kappa shape index (κ2) is 12.9. The first-order chi connectivity index (χ1) is 11.3. The Labute approximate surface area is 176 Å². The zero-order chi connectivity index (χ0) is 18.0. The van der Waals surface area contributed by atoms with Crippen molar-refractivity contribution in [3.05, 3.63) is 34.3 Å². The molecule has 0 aliphatic carbocycles. The van der Waals surface area contributed by atoms with E-state index in [1.165, 1.54) is 5.56 Å². The van der Waals surface area contributed by atoms with E-state index in [0.29, 0.717) is 25.0 Å². The van der Waals surface area contributed by atoms with Crippen LogP contribution >= 0.6 is 39.9 Å². The van der Waals surface area contributed by atoms with Crippen molar-refractivity contribution >= 4 is 55.9 Å². The third kappa shape index (κ3) is 11.8. The Bertz CT molecular complexity index is 641. The minimum Gasteiger partial charge on any atom is -0.357 e. The Morgan fingerprint density at radius 1 is 1.32 bits per heavy atom. The number of halogens is 2. The monoisotopic (exact) mass is 546 g/mol. The highest BCUT2D eigenvalue weighted by Crippen LogP contribution is 2.17. The second-order valence-electron chi connectivity index (χ2n) is 5.62. The van der Waals surface area contributed by atoms with Gasteiger partial charge in [-0.1, -0.05) is 41.4 Å². The van der Waals surface area contributed by atoms with Gasteiger partial charge in [0, 0.05) is 24.1 Å². The molecule has 0 bridgehead atoms. The Morgan fingerprint density at radius 2 is 2.04 bits per heavy atom. The fourth-order valence-corrected chi connectivity index (χ4v) is 3.04. The van der Waals surface area contributed by atoms with Crippen LogP contribution in [0, 0.1) is 5.92 Å². The van der Waals surface area contributed by atoms with E-state index in [0.717, 1.165) is 17.3 Å². The number of aliphatic imine (C=N–C) groups is 1. The molecule has 0 amide bonds. The van der Waals surface area contributed by atoms with E-state index in [1.807, 2.05) is 19.1 Å². The molecule has 9 heteroatoms. The van der Waals surface area contributed by atoms with Crippen LogP contribution in [0.1, 0.15) is 25.8 Å². The van der Waals surface area contributed by atoms with Crippen molar-refractivity contribution in [1.82, 2.24) is 10.6 Å². The van der Waals surface area contributed by atoms with Gasteiger partial charge >= 0.3 is 0 Å². The molecular weight excluding hydrogens is 519 g/mol. The van der Waals surface area contributed by atoms with Crippen molar-refractivity contribution in [2.24, 2.45) is 16.0 Å². The van der Waals surface area contributed by atoms with E-state index >= 15 is 0 Å². The van der Waals surface area contributed by atoms with E-state index in [-0.39, 0.29) is 36.3 Å². The van der Waals surface area contributed by atoms with Crippen LogP contribution in [0.25, 0.3) is 0 Å². The van der Waals surface area contributed by atoms with Crippen LogP contribution in [0.4, 0.5) is 0 Å². The summed E-state index contributed by atoms with van der Waals surface area (Å²) in [6.45, 7) is 5.75. The van der Waals surface area contributed by atoms with Crippen LogP contribution in [0.15, 0.2) is 33.7 Å². The molecule has 1 unspecified atom stereocenters. The predicted octanol–water partition coefficient (Wildman–Crippen LogP) is 2.48. The maximum absolute atomic E-state index is 11.0. The van der Waals surface area contributed by atoms with E-state index in [9.17, 15) is 8.42 Å². The van der Waals surface area contributed by atoms with Gasteiger partial charge in [0.15, 0.2) is 5.96 Å². The summed E-state index contributed by atoms with van der Waals surface area (Å²) < 4.78 is 23.1. The molecule has 144 valence electrons. The summed E-state index contributed by atoms with van der Waals surface area (Å²) in [6, 6.07) is 8.30. The normalized spacial score (nSPS) is 13.0. The van der Waals surface area contributed by atoms with Gasteiger partial charge in [-0.3, -0.25) is 4.99 Å². The number of rotatable bonds is 9. The number of nitrogens with one attached hydrogen (secondary N) is 2. The van der Waals surface area contributed by atoms with Gasteiger partial charge in [-0.15, -0.1) is 24.0 Å². The first-order valence-corrected chi connectivity index (χ1v) is 10.6. The second-order valence-corrected chi connectivity index (χ2v) is 8.27. The van der Waals surface area contributed by atoms with Gasteiger partial charge in [-0.2, -0.15) is 0 Å². The first kappa shape index (κ1) is 24.6. The minimum atomic E-state index is -3.47. The van der Waals surface area contributed by atoms with Crippen molar-refractivity contribution in [3.8, 4) is 0 Å². The molecular formula is C16H28BrIN4O2S. The van der Waals surface area contributed by atoms with Crippen LogP contribution in [0.2, 0.25) is 0 Å². The molecule has 0 saturated carbocycles. The summed E-state index contributed by atoms with van der Waals surface area (Å²) in [5.74, 6) is 0.925. The summed E-state index contributed by atoms with van der Waals surface area (Å²) >= 11 is 3.49. The lowest BCUT2D eigenvalue weighted by Crippen LogP contribution is -2.40. The van der Waals surface area contributed by atoms with Crippen molar-refractivity contribution in [3.63, 3.8) is 0 Å². The average Bonchev–Trinajstić information content (AvgIpc) is 2.50. The number of sulfonamides is 1. The lowest BCUT2D eigenvalue weighted by atomic mass is 9.97. The third-order valence-electron chi connectivity index (χ3n) is 3.52. The Hall–Kier alpha value is -0.390. The minimum absolute atomic E-state index is 0. The van der Waals surface area contributed by atoms with Gasteiger partial charge in [0.2, 0.25) is 10.0 Å². The number of nitrogens with two attached hydrogens (primary N) is 1. The molecule has 1 aromatic carbocycles. The van der Waals surface area contributed by atoms with Gasteiger partial charge in [-0.05, 0) is 37.0 Å². The van der Waals surface area contributed by atoms with E-state index in [2.05, 4.69) is 50.6 Å². The molecule has 0 saturated heterocycles. The molecule has 0 aliphatic rings. The lowest BCUT2D eigenvalue weighted by molar-refractivity contribution is 0.517. The van der Waals surface area contributed by atoms with Gasteiger partial charge in [-0.25, -0.2) is 13.6 Å². The number of hydrogen-bond donors (Lipinski definition) is 3. The molecule has 1 rings (SSSR count).